The summed E-state index contributed by atoms with van der Waals surface area (Å²) in [6.07, 6.45) is 0. The molecule has 0 saturated carbocycles. The van der Waals surface area contributed by atoms with Gasteiger partial charge in [0.2, 0.25) is 0 Å². The second-order valence-electron chi connectivity index (χ2n) is 3.56. The molecule has 0 amide bonds. The number of hydrogen-bond donors (Lipinski definition) is 0. The van der Waals surface area contributed by atoms with Crippen molar-refractivity contribution >= 4 is 63.7 Å². The standard InChI is InChI=1S/C13H8Br4/c14-12-7-2-1-6-11(12)9-4-3-5-10(8-9)13(15,16)17/h1-8H. The molecule has 0 aromatic heterocycles. The topological polar surface area (TPSA) is 0 Å². The molecule has 0 fully saturated rings. The van der Waals surface area contributed by atoms with E-state index in [9.17, 15) is 0 Å². The second kappa shape index (κ2) is 5.55. The Morgan fingerprint density at radius 2 is 1.53 bits per heavy atom. The van der Waals surface area contributed by atoms with E-state index in [0.717, 1.165) is 10.0 Å². The van der Waals surface area contributed by atoms with Gasteiger partial charge < -0.3 is 0 Å². The van der Waals surface area contributed by atoms with Crippen molar-refractivity contribution in [3.63, 3.8) is 0 Å². The van der Waals surface area contributed by atoms with E-state index in [-0.39, 0.29) is 2.14 Å². The number of alkyl halides is 3. The van der Waals surface area contributed by atoms with E-state index in [1.54, 1.807) is 0 Å². The Bertz CT molecular complexity index is 529. The Balaban J connectivity index is 2.51. The molecule has 2 aromatic carbocycles. The zero-order valence-corrected chi connectivity index (χ0v) is 15.0. The molecule has 0 heterocycles. The van der Waals surface area contributed by atoms with Gasteiger partial charge >= 0.3 is 0 Å². The van der Waals surface area contributed by atoms with Crippen LogP contribution in [0.25, 0.3) is 11.1 Å². The van der Waals surface area contributed by atoms with E-state index in [1.165, 1.54) is 11.1 Å². The number of rotatable bonds is 1. The first-order chi connectivity index (χ1) is 7.98. The molecule has 0 nitrogen and oxygen atoms in total. The predicted molar refractivity (Wildman–Crippen MR) is 88.0 cm³/mol. The summed E-state index contributed by atoms with van der Waals surface area (Å²) in [5.41, 5.74) is 3.48. The summed E-state index contributed by atoms with van der Waals surface area (Å²) in [4.78, 5) is 0. The summed E-state index contributed by atoms with van der Waals surface area (Å²) in [6, 6.07) is 16.5. The van der Waals surface area contributed by atoms with Gasteiger partial charge in [-0.3, -0.25) is 0 Å². The second-order valence-corrected chi connectivity index (χ2v) is 11.2. The molecule has 0 N–H and O–H groups in total. The van der Waals surface area contributed by atoms with Crippen molar-refractivity contribution in [1.82, 2.24) is 0 Å². The normalized spacial score (nSPS) is 11.5. The van der Waals surface area contributed by atoms with Gasteiger partial charge in [-0.05, 0) is 28.8 Å². The minimum absolute atomic E-state index is 0.371. The van der Waals surface area contributed by atoms with Gasteiger partial charge in [0.1, 0.15) is 0 Å². The molecule has 0 aliphatic carbocycles. The fraction of sp³-hybridized carbons (Fsp3) is 0.0769. The predicted octanol–water partition coefficient (Wildman–Crippen LogP) is 6.41. The quantitative estimate of drug-likeness (QED) is 0.411. The average molecular weight is 484 g/mol. The van der Waals surface area contributed by atoms with Gasteiger partial charge in [0, 0.05) is 4.47 Å². The van der Waals surface area contributed by atoms with Crippen molar-refractivity contribution in [1.29, 1.82) is 0 Å². The van der Waals surface area contributed by atoms with Crippen LogP contribution < -0.4 is 0 Å². The Morgan fingerprint density at radius 1 is 0.824 bits per heavy atom. The molecule has 2 aromatic rings. The highest BCUT2D eigenvalue weighted by Gasteiger charge is 2.20. The van der Waals surface area contributed by atoms with Crippen molar-refractivity contribution in [2.24, 2.45) is 0 Å². The lowest BCUT2D eigenvalue weighted by molar-refractivity contribution is 1.37. The van der Waals surface area contributed by atoms with Crippen LogP contribution in [0.2, 0.25) is 0 Å². The Morgan fingerprint density at radius 3 is 2.18 bits per heavy atom. The molecule has 0 spiro atoms. The molecule has 0 aliphatic heterocycles. The fourth-order valence-corrected chi connectivity index (χ4v) is 2.81. The van der Waals surface area contributed by atoms with Crippen molar-refractivity contribution in [2.45, 2.75) is 2.14 Å². The third kappa shape index (κ3) is 3.43. The number of halogens is 4. The molecule has 0 unspecified atom stereocenters. The van der Waals surface area contributed by atoms with Crippen LogP contribution in [0.15, 0.2) is 53.0 Å². The van der Waals surface area contributed by atoms with Crippen LogP contribution in [0, 0.1) is 0 Å². The summed E-state index contributed by atoms with van der Waals surface area (Å²) in [5.74, 6) is 0. The first-order valence-corrected chi connectivity index (χ1v) is 8.08. The summed E-state index contributed by atoms with van der Waals surface area (Å²) >= 11 is 14.2. The third-order valence-corrected chi connectivity index (χ3v) is 4.44. The van der Waals surface area contributed by atoms with Crippen LogP contribution in [0.3, 0.4) is 0 Å². The zero-order chi connectivity index (χ0) is 12.5. The molecule has 0 radical (unpaired) electrons. The highest BCUT2D eigenvalue weighted by Crippen LogP contribution is 2.45. The van der Waals surface area contributed by atoms with Crippen molar-refractivity contribution in [3.05, 3.63) is 58.6 Å². The summed E-state index contributed by atoms with van der Waals surface area (Å²) in [5, 5.41) is 0. The average Bonchev–Trinajstić information content (AvgIpc) is 2.29. The number of hydrogen-bond acceptors (Lipinski definition) is 0. The molecule has 88 valence electrons. The van der Waals surface area contributed by atoms with Crippen LogP contribution in [0.1, 0.15) is 5.56 Å². The Kier molecular flexibility index (Phi) is 4.50. The van der Waals surface area contributed by atoms with Gasteiger partial charge in [-0.1, -0.05) is 100 Å². The molecule has 0 atom stereocenters. The van der Waals surface area contributed by atoms with Gasteiger partial charge in [-0.2, -0.15) is 0 Å². The number of benzene rings is 2. The van der Waals surface area contributed by atoms with E-state index < -0.39 is 0 Å². The SMILES string of the molecule is Brc1ccccc1-c1cccc(C(Br)(Br)Br)c1. The van der Waals surface area contributed by atoms with E-state index in [1.807, 2.05) is 24.3 Å². The van der Waals surface area contributed by atoms with Crippen LogP contribution in [-0.2, 0) is 2.14 Å². The van der Waals surface area contributed by atoms with Gasteiger partial charge in [0.15, 0.2) is 2.14 Å². The Labute approximate surface area is 134 Å². The van der Waals surface area contributed by atoms with Crippen molar-refractivity contribution < 1.29 is 0 Å². The van der Waals surface area contributed by atoms with Crippen LogP contribution in [0.5, 0.6) is 0 Å². The summed E-state index contributed by atoms with van der Waals surface area (Å²) < 4.78 is 0.728. The molecule has 0 bridgehead atoms. The van der Waals surface area contributed by atoms with Crippen LogP contribution in [-0.4, -0.2) is 0 Å². The lowest BCUT2D eigenvalue weighted by atomic mass is 10.0. The minimum Gasteiger partial charge on any atom is -0.0616 e. The smallest absolute Gasteiger partial charge is 0.0616 e. The lowest BCUT2D eigenvalue weighted by Crippen LogP contribution is -1.97. The highest BCUT2D eigenvalue weighted by molar-refractivity contribution is 9.38. The molecular weight excluding hydrogens is 476 g/mol. The molecule has 2 rings (SSSR count). The van der Waals surface area contributed by atoms with Crippen LogP contribution in [0.4, 0.5) is 0 Å². The molecular formula is C13H8Br4. The molecule has 0 saturated heterocycles. The van der Waals surface area contributed by atoms with E-state index in [0.29, 0.717) is 0 Å². The monoisotopic (exact) mass is 480 g/mol. The minimum atomic E-state index is -0.371. The third-order valence-electron chi connectivity index (χ3n) is 2.37. The van der Waals surface area contributed by atoms with Crippen molar-refractivity contribution in [2.75, 3.05) is 0 Å². The lowest BCUT2D eigenvalue weighted by Gasteiger charge is -2.14. The fourth-order valence-electron chi connectivity index (χ4n) is 1.56. The van der Waals surface area contributed by atoms with Gasteiger partial charge in [0.05, 0.1) is 0 Å². The maximum absolute atomic E-state index is 3.57. The molecule has 0 aliphatic rings. The van der Waals surface area contributed by atoms with Gasteiger partial charge in [-0.25, -0.2) is 0 Å². The highest BCUT2D eigenvalue weighted by atomic mass is 80.0. The van der Waals surface area contributed by atoms with E-state index in [2.05, 4.69) is 88.0 Å². The van der Waals surface area contributed by atoms with Gasteiger partial charge in [0.25, 0.3) is 0 Å². The summed E-state index contributed by atoms with van der Waals surface area (Å²) in [7, 11) is 0. The van der Waals surface area contributed by atoms with Gasteiger partial charge in [-0.15, -0.1) is 0 Å². The maximum atomic E-state index is 3.57. The van der Waals surface area contributed by atoms with Crippen LogP contribution >= 0.6 is 63.7 Å². The van der Waals surface area contributed by atoms with E-state index in [4.69, 9.17) is 0 Å². The maximum Gasteiger partial charge on any atom is 0.159 e. The van der Waals surface area contributed by atoms with Crippen molar-refractivity contribution in [3.8, 4) is 11.1 Å². The largest absolute Gasteiger partial charge is 0.159 e. The summed E-state index contributed by atoms with van der Waals surface area (Å²) in [6.45, 7) is 0. The first-order valence-electron chi connectivity index (χ1n) is 4.90. The first kappa shape index (κ1) is 13.8. The molecule has 4 heteroatoms. The zero-order valence-electron chi connectivity index (χ0n) is 8.63. The van der Waals surface area contributed by atoms with E-state index >= 15 is 0 Å². The Hall–Kier alpha value is 0.360. The molecule has 17 heavy (non-hydrogen) atoms.